The van der Waals surface area contributed by atoms with E-state index in [1.807, 2.05) is 30.6 Å². The van der Waals surface area contributed by atoms with E-state index in [4.69, 9.17) is 15.0 Å². The molecule has 17 rings (SSSR count). The van der Waals surface area contributed by atoms with Crippen LogP contribution in [0.2, 0.25) is 0 Å². The van der Waals surface area contributed by atoms with E-state index in [0.717, 1.165) is 89.8 Å². The molecule has 6 heterocycles. The summed E-state index contributed by atoms with van der Waals surface area (Å²) in [5.74, 6) is 1.74. The molecule has 0 radical (unpaired) electrons. The highest BCUT2D eigenvalue weighted by Crippen LogP contribution is 2.45. The molecule has 0 fully saturated rings. The summed E-state index contributed by atoms with van der Waals surface area (Å²) in [4.78, 5) is 20.1. The van der Waals surface area contributed by atoms with Gasteiger partial charge in [-0.3, -0.25) is 18.8 Å². The van der Waals surface area contributed by atoms with Gasteiger partial charge < -0.3 is 0 Å². The SMILES string of the molecule is c1ccc(-c2nc(-c3ccc4ccccc4c3-c3ccc4c5ccccc5c5ccccc5c4c3)n3cc(-c4ccc5c6ccccc6c6cc(-c7cccc(-c8nc(-c9cccnc9)c9ccccn89)c7)ccc6c5c4)ccc23)nc1. The van der Waals surface area contributed by atoms with Crippen molar-refractivity contribution in [3.05, 3.63) is 280 Å². The lowest BCUT2D eigenvalue weighted by Gasteiger charge is -2.16. The van der Waals surface area contributed by atoms with Crippen molar-refractivity contribution in [2.75, 3.05) is 0 Å². The van der Waals surface area contributed by atoms with Crippen LogP contribution < -0.4 is 0 Å². The molecule has 0 aliphatic heterocycles. The van der Waals surface area contributed by atoms with Crippen molar-refractivity contribution < 1.29 is 0 Å². The van der Waals surface area contributed by atoms with Crippen LogP contribution in [0.25, 0.3) is 165 Å². The molecule has 380 valence electrons. The van der Waals surface area contributed by atoms with Crippen molar-refractivity contribution in [2.24, 2.45) is 0 Å². The fourth-order valence-electron chi connectivity index (χ4n) is 13.1. The van der Waals surface area contributed by atoms with Gasteiger partial charge in [0.2, 0.25) is 0 Å². The zero-order valence-corrected chi connectivity index (χ0v) is 44.2. The molecule has 0 saturated heterocycles. The number of fused-ring (bicyclic) bond motifs is 15. The Morgan fingerprint density at radius 3 is 1.51 bits per heavy atom. The van der Waals surface area contributed by atoms with Gasteiger partial charge in [0.25, 0.3) is 0 Å². The molecule has 0 unspecified atom stereocenters. The van der Waals surface area contributed by atoms with E-state index in [0.29, 0.717) is 0 Å². The van der Waals surface area contributed by atoms with Gasteiger partial charge in [-0.05, 0) is 176 Å². The van der Waals surface area contributed by atoms with Gasteiger partial charge in [-0.25, -0.2) is 9.97 Å². The summed E-state index contributed by atoms with van der Waals surface area (Å²) in [7, 11) is 0. The summed E-state index contributed by atoms with van der Waals surface area (Å²) in [5.41, 5.74) is 14.4. The fraction of sp³-hybridized carbons (Fsp3) is 0. The van der Waals surface area contributed by atoms with Gasteiger partial charge in [0.15, 0.2) is 0 Å². The molecule has 6 heteroatoms. The first kappa shape index (κ1) is 45.9. The van der Waals surface area contributed by atoms with Crippen LogP contribution in [0.4, 0.5) is 0 Å². The third kappa shape index (κ3) is 7.15. The second-order valence-electron chi connectivity index (χ2n) is 21.4. The second-order valence-corrected chi connectivity index (χ2v) is 21.4. The number of imidazole rings is 2. The number of hydrogen-bond donors (Lipinski definition) is 0. The molecule has 0 bridgehead atoms. The molecule has 0 spiro atoms. The summed E-state index contributed by atoms with van der Waals surface area (Å²) >= 11 is 0. The summed E-state index contributed by atoms with van der Waals surface area (Å²) < 4.78 is 4.48. The standard InChI is InChI=1S/C76H46N6/c1-2-19-55-47(15-1)28-36-65(72(55)51-31-35-63-58-22-4-3-20-56(58)57-21-5-7-24-60(57)68(63)44-51)76-80-74(69-26-9-11-39-78-69)71-37-32-54(46-82(71)76)50-30-33-62-59-23-6-8-25-61(59)66-42-49(29-34-64(66)67(62)43-50)48-16-13-17-52(41-48)75-79-73(53-18-14-38-77-45-53)70-27-10-12-40-81(70)75/h1-46H. The number of rotatable bonds is 7. The maximum absolute atomic E-state index is 5.61. The van der Waals surface area contributed by atoms with Crippen molar-refractivity contribution in [1.82, 2.24) is 28.7 Å². The van der Waals surface area contributed by atoms with Crippen LogP contribution in [0.15, 0.2) is 280 Å². The minimum Gasteiger partial charge on any atom is -0.299 e. The van der Waals surface area contributed by atoms with Gasteiger partial charge in [-0.2, -0.15) is 0 Å². The Labute approximate surface area is 471 Å². The van der Waals surface area contributed by atoms with Crippen LogP contribution in [-0.2, 0) is 0 Å². The molecular weight excluding hydrogens is 997 g/mol. The molecule has 17 aromatic rings. The van der Waals surface area contributed by atoms with Crippen molar-refractivity contribution in [2.45, 2.75) is 0 Å². The molecule has 0 amide bonds. The topological polar surface area (TPSA) is 60.4 Å². The molecule has 0 saturated carbocycles. The van der Waals surface area contributed by atoms with Gasteiger partial charge in [0, 0.05) is 53.2 Å². The summed E-state index contributed by atoms with van der Waals surface area (Å²) in [6.07, 6.45) is 9.90. The minimum absolute atomic E-state index is 0.825. The van der Waals surface area contributed by atoms with E-state index in [9.17, 15) is 0 Å². The van der Waals surface area contributed by atoms with Gasteiger partial charge in [0.1, 0.15) is 17.3 Å². The lowest BCUT2D eigenvalue weighted by atomic mass is 9.89. The number of benzene rings is 11. The van der Waals surface area contributed by atoms with Crippen LogP contribution in [0.1, 0.15) is 0 Å². The molecule has 6 aromatic heterocycles. The molecule has 0 aliphatic carbocycles. The first-order chi connectivity index (χ1) is 40.7. The van der Waals surface area contributed by atoms with Gasteiger partial charge in [-0.15, -0.1) is 0 Å². The lowest BCUT2D eigenvalue weighted by molar-refractivity contribution is 1.16. The predicted octanol–water partition coefficient (Wildman–Crippen LogP) is 19.5. The van der Waals surface area contributed by atoms with E-state index in [-0.39, 0.29) is 0 Å². The van der Waals surface area contributed by atoms with Crippen LogP contribution in [0.3, 0.4) is 0 Å². The van der Waals surface area contributed by atoms with E-state index in [2.05, 4.69) is 257 Å². The summed E-state index contributed by atoms with van der Waals surface area (Å²) in [6.45, 7) is 0. The maximum atomic E-state index is 5.61. The smallest absolute Gasteiger partial charge is 0.145 e. The largest absolute Gasteiger partial charge is 0.299 e. The van der Waals surface area contributed by atoms with E-state index < -0.39 is 0 Å². The Hall–Kier alpha value is -11.1. The molecule has 0 atom stereocenters. The van der Waals surface area contributed by atoms with E-state index in [1.54, 1.807) is 6.20 Å². The average Bonchev–Trinajstić information content (AvgIpc) is 3.08. The van der Waals surface area contributed by atoms with E-state index in [1.165, 1.54) is 75.4 Å². The molecule has 11 aromatic carbocycles. The highest BCUT2D eigenvalue weighted by atomic mass is 15.0. The lowest BCUT2D eigenvalue weighted by Crippen LogP contribution is -1.95. The highest BCUT2D eigenvalue weighted by molar-refractivity contribution is 6.27. The number of pyridine rings is 4. The number of hydrogen-bond acceptors (Lipinski definition) is 4. The van der Waals surface area contributed by atoms with Crippen LogP contribution in [0, 0.1) is 0 Å². The van der Waals surface area contributed by atoms with Crippen LogP contribution >= 0.6 is 0 Å². The van der Waals surface area contributed by atoms with Crippen molar-refractivity contribution in [3.63, 3.8) is 0 Å². The Morgan fingerprint density at radius 1 is 0.293 bits per heavy atom. The molecule has 82 heavy (non-hydrogen) atoms. The molecule has 6 nitrogen and oxygen atoms in total. The fourth-order valence-corrected chi connectivity index (χ4v) is 13.1. The monoisotopic (exact) mass is 1040 g/mol. The Morgan fingerprint density at radius 2 is 0.829 bits per heavy atom. The van der Waals surface area contributed by atoms with Crippen LogP contribution in [0.5, 0.6) is 0 Å². The quantitative estimate of drug-likeness (QED) is 0.149. The number of aromatic nitrogens is 6. The zero-order valence-electron chi connectivity index (χ0n) is 44.2. The zero-order chi connectivity index (χ0) is 53.8. The van der Waals surface area contributed by atoms with Gasteiger partial charge >= 0.3 is 0 Å². The normalized spacial score (nSPS) is 11.9. The van der Waals surface area contributed by atoms with Crippen molar-refractivity contribution in [3.8, 4) is 78.8 Å². The minimum atomic E-state index is 0.825. The molecule has 0 N–H and O–H groups in total. The second kappa shape index (κ2) is 18.2. The van der Waals surface area contributed by atoms with E-state index >= 15 is 0 Å². The predicted molar refractivity (Wildman–Crippen MR) is 340 cm³/mol. The van der Waals surface area contributed by atoms with Crippen molar-refractivity contribution in [1.29, 1.82) is 0 Å². The number of nitrogens with zero attached hydrogens (tertiary/aromatic N) is 6. The Bertz CT molecular complexity index is 5430. The average molecular weight is 1040 g/mol. The molecule has 0 aliphatic rings. The Kier molecular flexibility index (Phi) is 10.2. The molecular formula is C76H46N6. The Balaban J connectivity index is 0.831. The third-order valence-electron chi connectivity index (χ3n) is 16.9. The first-order valence-electron chi connectivity index (χ1n) is 27.8. The summed E-state index contributed by atoms with van der Waals surface area (Å²) in [5, 5.41) is 17.1. The first-order valence-corrected chi connectivity index (χ1v) is 27.8. The highest BCUT2D eigenvalue weighted by Gasteiger charge is 2.23. The van der Waals surface area contributed by atoms with Gasteiger partial charge in [-0.1, -0.05) is 176 Å². The van der Waals surface area contributed by atoms with Gasteiger partial charge in [0.05, 0.1) is 22.4 Å². The summed E-state index contributed by atoms with van der Waals surface area (Å²) in [6, 6.07) is 90.2. The van der Waals surface area contributed by atoms with Crippen molar-refractivity contribution >= 4 is 86.4 Å². The maximum Gasteiger partial charge on any atom is 0.145 e. The third-order valence-corrected chi connectivity index (χ3v) is 16.9. The van der Waals surface area contributed by atoms with Crippen LogP contribution in [-0.4, -0.2) is 28.7 Å².